The molecule has 1 aliphatic heterocycles. The van der Waals surface area contributed by atoms with Crippen LogP contribution in [0.5, 0.6) is 0 Å². The highest BCUT2D eigenvalue weighted by Crippen LogP contribution is 2.42. The normalized spacial score (nSPS) is 17.7. The van der Waals surface area contributed by atoms with Gasteiger partial charge in [-0.15, -0.1) is 0 Å². The lowest BCUT2D eigenvalue weighted by atomic mass is 9.78. The van der Waals surface area contributed by atoms with Gasteiger partial charge in [-0.05, 0) is 29.8 Å². The number of hydrogen-bond donors (Lipinski definition) is 2. The Balaban J connectivity index is 1.90. The van der Waals surface area contributed by atoms with Crippen molar-refractivity contribution in [3.63, 3.8) is 0 Å². The monoisotopic (exact) mass is 523 g/mol. The number of carbonyl (C=O) groups excluding carboxylic acids is 3. The second-order valence-corrected chi connectivity index (χ2v) is 9.10. The molecule has 2 N–H and O–H groups in total. The number of thioether (sulfide) groups is 1. The summed E-state index contributed by atoms with van der Waals surface area (Å²) >= 11 is 19.2. The lowest BCUT2D eigenvalue weighted by molar-refractivity contribution is -0.150. The molecule has 2 amide bonds. The number of anilines is 1. The minimum Gasteiger partial charge on any atom is -0.468 e. The van der Waals surface area contributed by atoms with Crippen LogP contribution in [0.25, 0.3) is 0 Å². The summed E-state index contributed by atoms with van der Waals surface area (Å²) in [6.45, 7) is 0. The highest BCUT2D eigenvalue weighted by molar-refractivity contribution is 8.03. The summed E-state index contributed by atoms with van der Waals surface area (Å²) in [6.07, 6.45) is 0. The molecule has 11 heteroatoms. The smallest absolute Gasteiger partial charge is 0.319 e. The highest BCUT2D eigenvalue weighted by Gasteiger charge is 2.45. The molecule has 2 aromatic carbocycles. The van der Waals surface area contributed by atoms with Crippen molar-refractivity contribution in [1.29, 1.82) is 5.26 Å². The molecule has 0 bridgehead atoms. The Morgan fingerprint density at radius 1 is 1.18 bits per heavy atom. The lowest BCUT2D eigenvalue weighted by Crippen LogP contribution is -2.44. The first-order chi connectivity index (χ1) is 15.7. The zero-order chi connectivity index (χ0) is 24.1. The van der Waals surface area contributed by atoms with E-state index in [2.05, 4.69) is 16.7 Å². The van der Waals surface area contributed by atoms with Gasteiger partial charge in [0.1, 0.15) is 5.92 Å². The molecule has 33 heavy (non-hydrogen) atoms. The third kappa shape index (κ3) is 5.81. The fraction of sp³-hybridized carbons (Fsp3) is 0.182. The SMILES string of the molecule is COC(=O)[C@H]1C(=O)NC(SCC(=O)Nc2cc(Cl)cc(Cl)c2)=C(C#N)[C@H]1c1ccccc1Cl. The maximum absolute atomic E-state index is 12.8. The summed E-state index contributed by atoms with van der Waals surface area (Å²) in [5.41, 5.74) is 0.929. The number of rotatable bonds is 6. The van der Waals surface area contributed by atoms with Crippen LogP contribution in [0, 0.1) is 17.2 Å². The van der Waals surface area contributed by atoms with Crippen LogP contribution in [0.4, 0.5) is 5.69 Å². The van der Waals surface area contributed by atoms with Crippen molar-refractivity contribution >= 4 is 70.0 Å². The first-order valence-electron chi connectivity index (χ1n) is 9.41. The van der Waals surface area contributed by atoms with Gasteiger partial charge in [-0.25, -0.2) is 0 Å². The number of esters is 1. The third-order valence-corrected chi connectivity index (χ3v) is 6.52. The Morgan fingerprint density at radius 3 is 2.45 bits per heavy atom. The third-order valence-electron chi connectivity index (χ3n) is 4.72. The van der Waals surface area contributed by atoms with Gasteiger partial charge >= 0.3 is 5.97 Å². The molecule has 7 nitrogen and oxygen atoms in total. The molecule has 0 fully saturated rings. The number of amides is 2. The van der Waals surface area contributed by atoms with Crippen molar-refractivity contribution in [3.8, 4) is 6.07 Å². The number of hydrogen-bond acceptors (Lipinski definition) is 6. The number of nitrogens with zero attached hydrogens (tertiary/aromatic N) is 1. The predicted octanol–water partition coefficient (Wildman–Crippen LogP) is 4.76. The van der Waals surface area contributed by atoms with E-state index in [0.717, 1.165) is 18.9 Å². The van der Waals surface area contributed by atoms with Crippen molar-refractivity contribution in [2.24, 2.45) is 5.92 Å². The molecule has 0 aliphatic carbocycles. The molecule has 1 aliphatic rings. The first kappa shape index (κ1) is 24.9. The Labute approximate surface area is 209 Å². The summed E-state index contributed by atoms with van der Waals surface area (Å²) in [7, 11) is 1.16. The molecular weight excluding hydrogens is 509 g/mol. The average Bonchev–Trinajstić information content (AvgIpc) is 2.76. The minimum atomic E-state index is -1.31. The predicted molar refractivity (Wildman–Crippen MR) is 128 cm³/mol. The fourth-order valence-electron chi connectivity index (χ4n) is 3.34. The van der Waals surface area contributed by atoms with Crippen molar-refractivity contribution < 1.29 is 19.1 Å². The van der Waals surface area contributed by atoms with Crippen LogP contribution >= 0.6 is 46.6 Å². The largest absolute Gasteiger partial charge is 0.468 e. The number of nitriles is 1. The summed E-state index contributed by atoms with van der Waals surface area (Å²) in [5, 5.41) is 16.3. The Bertz CT molecular complexity index is 1180. The van der Waals surface area contributed by atoms with E-state index in [4.69, 9.17) is 39.5 Å². The number of allylic oxidation sites excluding steroid dienone is 1. The first-order valence-corrected chi connectivity index (χ1v) is 11.5. The molecule has 2 atom stereocenters. The standard InChI is InChI=1S/C22H16Cl3N3O4S/c1-32-22(31)19-18(14-4-2-3-5-16(14)25)15(9-26)21(28-20(19)30)33-10-17(29)27-13-7-11(23)6-12(24)8-13/h2-8,18-19H,10H2,1H3,(H,27,29)(H,28,30)/t18-,19-/m1/s1. The van der Waals surface area contributed by atoms with Crippen molar-refractivity contribution in [1.82, 2.24) is 5.32 Å². The van der Waals surface area contributed by atoms with E-state index in [0.29, 0.717) is 26.3 Å². The van der Waals surface area contributed by atoms with Crippen LogP contribution in [-0.2, 0) is 19.1 Å². The van der Waals surface area contributed by atoms with Gasteiger partial charge in [-0.1, -0.05) is 64.8 Å². The van der Waals surface area contributed by atoms with Gasteiger partial charge in [0, 0.05) is 26.7 Å². The second kappa shape index (κ2) is 10.9. The number of halogens is 3. The molecule has 1 heterocycles. The molecule has 0 radical (unpaired) electrons. The Kier molecular flexibility index (Phi) is 8.27. The number of nitrogens with one attached hydrogen (secondary N) is 2. The Morgan fingerprint density at radius 2 is 1.85 bits per heavy atom. The topological polar surface area (TPSA) is 108 Å². The molecule has 0 spiro atoms. The zero-order valence-electron chi connectivity index (χ0n) is 17.0. The van der Waals surface area contributed by atoms with Crippen molar-refractivity contribution in [3.05, 3.63) is 73.7 Å². The van der Waals surface area contributed by atoms with Crippen molar-refractivity contribution in [2.75, 3.05) is 18.2 Å². The molecule has 0 unspecified atom stereocenters. The van der Waals surface area contributed by atoms with E-state index in [1.165, 1.54) is 18.2 Å². The fourth-order valence-corrected chi connectivity index (χ4v) is 4.97. The van der Waals surface area contributed by atoms with Crippen LogP contribution in [0.15, 0.2) is 53.1 Å². The summed E-state index contributed by atoms with van der Waals surface area (Å²) < 4.78 is 4.80. The van der Waals surface area contributed by atoms with Crippen LogP contribution in [0.1, 0.15) is 11.5 Å². The highest BCUT2D eigenvalue weighted by atomic mass is 35.5. The molecular formula is C22H16Cl3N3O4S. The molecule has 2 aromatic rings. The van der Waals surface area contributed by atoms with Gasteiger partial charge in [-0.2, -0.15) is 5.26 Å². The van der Waals surface area contributed by atoms with Gasteiger partial charge in [0.05, 0.1) is 29.5 Å². The van der Waals surface area contributed by atoms with E-state index in [-0.39, 0.29) is 16.4 Å². The number of carbonyl (C=O) groups is 3. The van der Waals surface area contributed by atoms with Crippen LogP contribution in [-0.4, -0.2) is 30.6 Å². The summed E-state index contributed by atoms with van der Waals surface area (Å²) in [5.74, 6) is -4.29. The number of benzene rings is 2. The van der Waals surface area contributed by atoms with E-state index < -0.39 is 29.6 Å². The van der Waals surface area contributed by atoms with E-state index >= 15 is 0 Å². The van der Waals surface area contributed by atoms with Crippen LogP contribution < -0.4 is 10.6 Å². The molecule has 0 saturated carbocycles. The van der Waals surface area contributed by atoms with Crippen molar-refractivity contribution in [2.45, 2.75) is 5.92 Å². The van der Waals surface area contributed by atoms with Crippen LogP contribution in [0.2, 0.25) is 15.1 Å². The van der Waals surface area contributed by atoms with E-state index in [1.54, 1.807) is 24.3 Å². The zero-order valence-corrected chi connectivity index (χ0v) is 20.1. The lowest BCUT2D eigenvalue weighted by Gasteiger charge is -2.31. The van der Waals surface area contributed by atoms with Gasteiger partial charge < -0.3 is 15.4 Å². The minimum absolute atomic E-state index is 0.0988. The molecule has 170 valence electrons. The summed E-state index contributed by atoms with van der Waals surface area (Å²) in [6, 6.07) is 13.3. The molecule has 0 saturated heterocycles. The number of methoxy groups -OCH3 is 1. The van der Waals surface area contributed by atoms with Gasteiger partial charge in [0.2, 0.25) is 11.8 Å². The molecule has 3 rings (SSSR count). The quantitative estimate of drug-likeness (QED) is 0.417. The summed E-state index contributed by atoms with van der Waals surface area (Å²) in [4.78, 5) is 37.7. The van der Waals surface area contributed by atoms with E-state index in [1.807, 2.05) is 0 Å². The average molecular weight is 525 g/mol. The maximum Gasteiger partial charge on any atom is 0.319 e. The number of ether oxygens (including phenoxy) is 1. The van der Waals surface area contributed by atoms with E-state index in [9.17, 15) is 19.6 Å². The Hall–Kier alpha value is -2.70. The van der Waals surface area contributed by atoms with Crippen LogP contribution in [0.3, 0.4) is 0 Å². The van der Waals surface area contributed by atoms with Gasteiger partial charge in [0.25, 0.3) is 0 Å². The van der Waals surface area contributed by atoms with Gasteiger partial charge in [-0.3, -0.25) is 14.4 Å². The second-order valence-electron chi connectivity index (χ2n) is 6.84. The maximum atomic E-state index is 12.8. The van der Waals surface area contributed by atoms with Gasteiger partial charge in [0.15, 0.2) is 0 Å². The molecule has 0 aromatic heterocycles.